The minimum Gasteiger partial charge on any atom is -0.288 e. The van der Waals surface area contributed by atoms with Gasteiger partial charge in [0.15, 0.2) is 0 Å². The van der Waals surface area contributed by atoms with Crippen molar-refractivity contribution in [3.05, 3.63) is 47.5 Å². The Morgan fingerprint density at radius 1 is 1.12 bits per heavy atom. The zero-order chi connectivity index (χ0) is 18.2. The third kappa shape index (κ3) is 3.95. The molecular weight excluding hydrogens is 329 g/mol. The molecule has 1 fully saturated rings. The molecule has 1 amide bonds. The van der Waals surface area contributed by atoms with E-state index in [2.05, 4.69) is 19.3 Å². The molecule has 1 aliphatic heterocycles. The molecule has 0 bridgehead atoms. The molecule has 134 valence electrons. The number of amides is 1. The Kier molecular flexibility index (Phi) is 4.73. The van der Waals surface area contributed by atoms with Gasteiger partial charge in [-0.3, -0.25) is 10.2 Å². The van der Waals surface area contributed by atoms with Crippen molar-refractivity contribution < 1.29 is 18.0 Å². The van der Waals surface area contributed by atoms with Gasteiger partial charge in [-0.2, -0.15) is 13.2 Å². The van der Waals surface area contributed by atoms with Crippen LogP contribution in [0.4, 0.5) is 13.2 Å². The van der Waals surface area contributed by atoms with Crippen molar-refractivity contribution in [3.8, 4) is 0 Å². The van der Waals surface area contributed by atoms with Crippen LogP contribution in [0.15, 0.2) is 36.4 Å². The summed E-state index contributed by atoms with van der Waals surface area (Å²) in [6.45, 7) is 4.27. The first-order valence-electron chi connectivity index (χ1n) is 8.39. The monoisotopic (exact) mass is 350 g/mol. The third-order valence-electron chi connectivity index (χ3n) is 4.36. The minimum absolute atomic E-state index is 0.0500. The Balaban J connectivity index is 2.00. The quantitative estimate of drug-likeness (QED) is 0.888. The highest BCUT2D eigenvalue weighted by atomic mass is 19.4. The number of hydrogen-bond acceptors (Lipinski definition) is 2. The van der Waals surface area contributed by atoms with E-state index in [0.29, 0.717) is 5.92 Å². The summed E-state index contributed by atoms with van der Waals surface area (Å²) >= 11 is 0. The van der Waals surface area contributed by atoms with Crippen molar-refractivity contribution >= 4 is 16.7 Å². The molecule has 1 saturated heterocycles. The fourth-order valence-electron chi connectivity index (χ4n) is 3.32. The molecule has 0 spiro atoms. The Morgan fingerprint density at radius 2 is 1.84 bits per heavy atom. The lowest BCUT2D eigenvalue weighted by Gasteiger charge is -2.29. The second-order valence-corrected chi connectivity index (χ2v) is 6.96. The molecule has 0 aromatic heterocycles. The van der Waals surface area contributed by atoms with Crippen molar-refractivity contribution in [2.75, 3.05) is 6.54 Å². The zero-order valence-electron chi connectivity index (χ0n) is 14.2. The van der Waals surface area contributed by atoms with E-state index in [1.807, 2.05) is 18.2 Å². The predicted octanol–water partition coefficient (Wildman–Crippen LogP) is 4.38. The molecule has 1 atom stereocenters. The maximum absolute atomic E-state index is 13.6. The smallest absolute Gasteiger partial charge is 0.288 e. The predicted molar refractivity (Wildman–Crippen MR) is 90.8 cm³/mol. The lowest BCUT2D eigenvalue weighted by atomic mass is 9.96. The second-order valence-electron chi connectivity index (χ2n) is 6.96. The summed E-state index contributed by atoms with van der Waals surface area (Å²) < 4.78 is 40.9. The largest absolute Gasteiger partial charge is 0.409 e. The number of benzene rings is 2. The molecule has 0 radical (unpaired) electrons. The first-order valence-corrected chi connectivity index (χ1v) is 8.39. The highest BCUT2D eigenvalue weighted by molar-refractivity contribution is 5.84. The van der Waals surface area contributed by atoms with Crippen molar-refractivity contribution in [2.45, 2.75) is 38.9 Å². The van der Waals surface area contributed by atoms with E-state index >= 15 is 0 Å². The normalized spacial score (nSPS) is 17.3. The Labute approximate surface area is 144 Å². The summed E-state index contributed by atoms with van der Waals surface area (Å²) in [5.74, 6) is 0.0950. The fourth-order valence-corrected chi connectivity index (χ4v) is 3.32. The number of nitrogens with one attached hydrogen (secondary N) is 1. The average molecular weight is 350 g/mol. The standard InChI is InChI=1S/C19H21F3N2O/c1-12(2)9-13-3-4-14-5-6-15(11-16(14)10-13)18(19(20,21)22)24-8-7-17(25)23-24/h3-6,10-12,18H,7-9H2,1-2H3,(H,23,25)/t18-/m0/s1. The summed E-state index contributed by atoms with van der Waals surface area (Å²) in [6, 6.07) is 8.86. The molecule has 1 heterocycles. The number of nitrogens with zero attached hydrogens (tertiary/aromatic N) is 1. The number of carbonyl (C=O) groups is 1. The van der Waals surface area contributed by atoms with Crippen LogP contribution in [0.5, 0.6) is 0 Å². The summed E-state index contributed by atoms with van der Waals surface area (Å²) in [4.78, 5) is 11.4. The molecule has 2 aromatic rings. The molecule has 2 aromatic carbocycles. The lowest BCUT2D eigenvalue weighted by Crippen LogP contribution is -2.43. The van der Waals surface area contributed by atoms with Crippen LogP contribution in [-0.2, 0) is 11.2 Å². The van der Waals surface area contributed by atoms with E-state index in [-0.39, 0.29) is 24.4 Å². The van der Waals surface area contributed by atoms with Gasteiger partial charge in [0.05, 0.1) is 0 Å². The van der Waals surface area contributed by atoms with Gasteiger partial charge in [-0.05, 0) is 40.3 Å². The molecule has 0 aliphatic carbocycles. The molecule has 3 nitrogen and oxygen atoms in total. The highest BCUT2D eigenvalue weighted by Crippen LogP contribution is 2.38. The lowest BCUT2D eigenvalue weighted by molar-refractivity contribution is -0.191. The van der Waals surface area contributed by atoms with E-state index in [1.54, 1.807) is 12.1 Å². The first-order chi connectivity index (χ1) is 11.7. The van der Waals surface area contributed by atoms with Gasteiger partial charge in [0, 0.05) is 13.0 Å². The van der Waals surface area contributed by atoms with Gasteiger partial charge in [0.25, 0.3) is 0 Å². The van der Waals surface area contributed by atoms with Crippen LogP contribution in [0.3, 0.4) is 0 Å². The number of fused-ring (bicyclic) bond motifs is 1. The molecule has 1 aliphatic rings. The van der Waals surface area contributed by atoms with Gasteiger partial charge in [0.2, 0.25) is 5.91 Å². The molecule has 3 rings (SSSR count). The van der Waals surface area contributed by atoms with E-state index in [9.17, 15) is 18.0 Å². The van der Waals surface area contributed by atoms with Gasteiger partial charge in [0.1, 0.15) is 6.04 Å². The zero-order valence-corrected chi connectivity index (χ0v) is 14.2. The van der Waals surface area contributed by atoms with Crippen LogP contribution in [0, 0.1) is 5.92 Å². The molecule has 1 N–H and O–H groups in total. The van der Waals surface area contributed by atoms with Crippen LogP contribution < -0.4 is 5.43 Å². The van der Waals surface area contributed by atoms with Crippen LogP contribution in [0.2, 0.25) is 0 Å². The van der Waals surface area contributed by atoms with Crippen LogP contribution in [-0.4, -0.2) is 23.6 Å². The van der Waals surface area contributed by atoms with E-state index in [4.69, 9.17) is 0 Å². The Morgan fingerprint density at radius 3 is 2.44 bits per heavy atom. The number of halogens is 3. The summed E-state index contributed by atoms with van der Waals surface area (Å²) in [7, 11) is 0. The van der Waals surface area contributed by atoms with Gasteiger partial charge in [-0.15, -0.1) is 0 Å². The maximum atomic E-state index is 13.6. The fraction of sp³-hybridized carbons (Fsp3) is 0.421. The first kappa shape index (κ1) is 17.7. The van der Waals surface area contributed by atoms with E-state index < -0.39 is 12.2 Å². The van der Waals surface area contributed by atoms with E-state index in [1.165, 1.54) is 6.07 Å². The summed E-state index contributed by atoms with van der Waals surface area (Å²) in [5, 5.41) is 2.68. The average Bonchev–Trinajstić information content (AvgIpc) is 2.91. The highest BCUT2D eigenvalue weighted by Gasteiger charge is 2.46. The summed E-state index contributed by atoms with van der Waals surface area (Å²) in [5.41, 5.74) is 3.57. The van der Waals surface area contributed by atoms with Gasteiger partial charge in [-0.1, -0.05) is 44.2 Å². The third-order valence-corrected chi connectivity index (χ3v) is 4.36. The van der Waals surface area contributed by atoms with Crippen LogP contribution >= 0.6 is 0 Å². The summed E-state index contributed by atoms with van der Waals surface area (Å²) in [6.07, 6.45) is -3.51. The van der Waals surface area contributed by atoms with Crippen molar-refractivity contribution in [2.24, 2.45) is 5.92 Å². The van der Waals surface area contributed by atoms with Crippen LogP contribution in [0.1, 0.15) is 37.4 Å². The molecule has 0 unspecified atom stereocenters. The molecular formula is C19H21F3N2O. The topological polar surface area (TPSA) is 32.3 Å². The van der Waals surface area contributed by atoms with Crippen molar-refractivity contribution in [3.63, 3.8) is 0 Å². The molecule has 6 heteroatoms. The number of carbonyl (C=O) groups excluding carboxylic acids is 1. The minimum atomic E-state index is -4.47. The van der Waals surface area contributed by atoms with Crippen LogP contribution in [0.25, 0.3) is 10.8 Å². The van der Waals surface area contributed by atoms with E-state index in [0.717, 1.165) is 27.8 Å². The molecule has 0 saturated carbocycles. The Hall–Kier alpha value is -2.08. The maximum Gasteiger partial charge on any atom is 0.409 e. The number of hydrogen-bond donors (Lipinski definition) is 1. The SMILES string of the molecule is CC(C)Cc1ccc2ccc([C@H](N3CCC(=O)N3)C(F)(F)F)cc2c1. The molecule has 25 heavy (non-hydrogen) atoms. The van der Waals surface area contributed by atoms with Crippen molar-refractivity contribution in [1.82, 2.24) is 10.4 Å². The second kappa shape index (κ2) is 6.67. The van der Waals surface area contributed by atoms with Gasteiger partial charge < -0.3 is 0 Å². The Bertz CT molecular complexity index is 786. The number of hydrazine groups is 1. The van der Waals surface area contributed by atoms with Gasteiger partial charge in [-0.25, -0.2) is 5.01 Å². The number of alkyl halides is 3. The van der Waals surface area contributed by atoms with Crippen molar-refractivity contribution in [1.29, 1.82) is 0 Å². The number of rotatable bonds is 4. The van der Waals surface area contributed by atoms with Gasteiger partial charge >= 0.3 is 6.18 Å².